The molecule has 0 fully saturated rings. The third kappa shape index (κ3) is 4.16. The number of nitro groups is 1. The molecular formula is C22H22N6O3. The van der Waals surface area contributed by atoms with Crippen molar-refractivity contribution in [3.63, 3.8) is 0 Å². The van der Waals surface area contributed by atoms with Crippen LogP contribution >= 0.6 is 0 Å². The molecule has 9 nitrogen and oxygen atoms in total. The molecule has 9 heteroatoms. The van der Waals surface area contributed by atoms with Gasteiger partial charge in [-0.15, -0.1) is 0 Å². The van der Waals surface area contributed by atoms with Crippen LogP contribution in [-0.4, -0.2) is 20.4 Å². The number of anilines is 2. The number of hydrogen-bond donors (Lipinski definition) is 2. The molecule has 1 aliphatic heterocycles. The van der Waals surface area contributed by atoms with Crippen molar-refractivity contribution in [3.8, 4) is 0 Å². The molecule has 2 heterocycles. The van der Waals surface area contributed by atoms with Gasteiger partial charge in [0.15, 0.2) is 6.17 Å². The van der Waals surface area contributed by atoms with Gasteiger partial charge in [-0.2, -0.15) is 0 Å². The quantitative estimate of drug-likeness (QED) is 0.488. The highest BCUT2D eigenvalue weighted by Crippen LogP contribution is 2.28. The second kappa shape index (κ2) is 8.02. The molecule has 31 heavy (non-hydrogen) atoms. The molecule has 1 aromatic heterocycles. The Morgan fingerprint density at radius 2 is 1.90 bits per heavy atom. The summed E-state index contributed by atoms with van der Waals surface area (Å²) in [5.74, 6) is 1.13. The summed E-state index contributed by atoms with van der Waals surface area (Å²) >= 11 is 0. The van der Waals surface area contributed by atoms with Crippen LogP contribution in [0, 0.1) is 17.0 Å². The Morgan fingerprint density at radius 3 is 2.58 bits per heavy atom. The van der Waals surface area contributed by atoms with Crippen LogP contribution < -0.4 is 16.2 Å². The molecule has 0 radical (unpaired) electrons. The van der Waals surface area contributed by atoms with Crippen LogP contribution in [0.15, 0.2) is 64.4 Å². The summed E-state index contributed by atoms with van der Waals surface area (Å²) in [4.78, 5) is 32.5. The summed E-state index contributed by atoms with van der Waals surface area (Å²) in [6, 6.07) is 15.5. The summed E-state index contributed by atoms with van der Waals surface area (Å²) < 4.78 is 1.39. The predicted molar refractivity (Wildman–Crippen MR) is 120 cm³/mol. The molecule has 0 saturated carbocycles. The van der Waals surface area contributed by atoms with E-state index in [-0.39, 0.29) is 11.2 Å². The number of non-ortho nitro benzene ring substituents is 1. The maximum Gasteiger partial charge on any atom is 0.269 e. The van der Waals surface area contributed by atoms with E-state index in [1.54, 1.807) is 19.1 Å². The molecular weight excluding hydrogens is 396 g/mol. The fraction of sp³-hybridized carbons (Fsp3) is 0.227. The van der Waals surface area contributed by atoms with E-state index in [0.29, 0.717) is 29.1 Å². The van der Waals surface area contributed by atoms with Crippen molar-refractivity contribution < 1.29 is 4.92 Å². The highest BCUT2D eigenvalue weighted by atomic mass is 16.6. The zero-order valence-corrected chi connectivity index (χ0v) is 17.4. The van der Waals surface area contributed by atoms with Crippen molar-refractivity contribution in [1.82, 2.24) is 9.55 Å². The first-order chi connectivity index (χ1) is 14.8. The van der Waals surface area contributed by atoms with E-state index < -0.39 is 11.1 Å². The Morgan fingerprint density at radius 1 is 1.16 bits per heavy atom. The van der Waals surface area contributed by atoms with Crippen LogP contribution in [0.4, 0.5) is 17.3 Å². The lowest BCUT2D eigenvalue weighted by atomic mass is 10.0. The highest BCUT2D eigenvalue weighted by molar-refractivity contribution is 6.03. The van der Waals surface area contributed by atoms with E-state index >= 15 is 0 Å². The smallest absolute Gasteiger partial charge is 0.269 e. The number of aryl methyl sites for hydroxylation is 1. The third-order valence-corrected chi connectivity index (χ3v) is 5.03. The van der Waals surface area contributed by atoms with Crippen molar-refractivity contribution in [2.24, 2.45) is 4.99 Å². The molecule has 0 amide bonds. The number of guanidine groups is 1. The van der Waals surface area contributed by atoms with Gasteiger partial charge in [-0.1, -0.05) is 38.1 Å². The van der Waals surface area contributed by atoms with E-state index in [0.717, 1.165) is 5.69 Å². The zero-order valence-electron chi connectivity index (χ0n) is 17.4. The standard InChI is InChI=1S/C22H22N6O3/c1-13(2)15-7-9-17(10-8-15)24-21-25-20(16-5-4-6-18(12-16)28(30)31)27-19(29)11-14(3)23-22(27)26-21/h4-13,20H,1-3H3,(H2,23,24,25,26)/t20-/m0/s1. The van der Waals surface area contributed by atoms with Crippen LogP contribution in [0.1, 0.15) is 42.8 Å². The number of aliphatic imine (C=N–C) groups is 1. The minimum Gasteiger partial charge on any atom is -0.326 e. The molecule has 1 atom stereocenters. The molecule has 0 spiro atoms. The van der Waals surface area contributed by atoms with E-state index in [9.17, 15) is 14.9 Å². The lowest BCUT2D eigenvalue weighted by Crippen LogP contribution is -2.37. The Kier molecular flexibility index (Phi) is 5.24. The summed E-state index contributed by atoms with van der Waals surface area (Å²) in [5.41, 5.74) is 2.74. The summed E-state index contributed by atoms with van der Waals surface area (Å²) in [7, 11) is 0. The minimum atomic E-state index is -0.797. The van der Waals surface area contributed by atoms with Gasteiger partial charge in [0, 0.05) is 35.1 Å². The molecule has 2 N–H and O–H groups in total. The van der Waals surface area contributed by atoms with Crippen LogP contribution in [0.25, 0.3) is 0 Å². The topological polar surface area (TPSA) is 114 Å². The second-order valence-electron chi connectivity index (χ2n) is 7.66. The number of benzene rings is 2. The second-order valence-corrected chi connectivity index (χ2v) is 7.66. The van der Waals surface area contributed by atoms with Gasteiger partial charge in [-0.25, -0.2) is 9.98 Å². The molecule has 2 aromatic carbocycles. The Bertz CT molecular complexity index is 1230. The number of nitrogens with zero attached hydrogens (tertiary/aromatic N) is 4. The van der Waals surface area contributed by atoms with Crippen LogP contribution in [0.3, 0.4) is 0 Å². The van der Waals surface area contributed by atoms with Gasteiger partial charge in [0.25, 0.3) is 11.2 Å². The van der Waals surface area contributed by atoms with Gasteiger partial charge >= 0.3 is 0 Å². The first kappa shape index (κ1) is 20.3. The maximum absolute atomic E-state index is 12.7. The van der Waals surface area contributed by atoms with Gasteiger partial charge in [-0.3, -0.25) is 24.8 Å². The van der Waals surface area contributed by atoms with Crippen LogP contribution in [0.2, 0.25) is 0 Å². The van der Waals surface area contributed by atoms with Crippen molar-refractivity contribution in [2.45, 2.75) is 32.9 Å². The number of rotatable bonds is 4. The van der Waals surface area contributed by atoms with Crippen molar-refractivity contribution in [1.29, 1.82) is 0 Å². The normalized spacial score (nSPS) is 15.1. The van der Waals surface area contributed by atoms with Gasteiger partial charge < -0.3 is 5.32 Å². The number of fused-ring (bicyclic) bond motifs is 1. The van der Waals surface area contributed by atoms with E-state index in [1.807, 2.05) is 24.3 Å². The monoisotopic (exact) mass is 418 g/mol. The molecule has 3 aromatic rings. The molecule has 0 unspecified atom stereocenters. The molecule has 4 rings (SSSR count). The average molecular weight is 418 g/mol. The van der Waals surface area contributed by atoms with E-state index in [4.69, 9.17) is 0 Å². The number of nitrogens with one attached hydrogen (secondary N) is 2. The first-order valence-electron chi connectivity index (χ1n) is 9.88. The summed E-state index contributed by atoms with van der Waals surface area (Å²) in [6.07, 6.45) is -0.797. The van der Waals surface area contributed by atoms with Crippen molar-refractivity contribution >= 4 is 23.3 Å². The SMILES string of the molecule is Cc1cc(=O)n2c(n1)NC(Nc1ccc(C(C)C)cc1)=N[C@@H]2c1cccc([N+](=O)[O-])c1. The lowest BCUT2D eigenvalue weighted by molar-refractivity contribution is -0.384. The lowest BCUT2D eigenvalue weighted by Gasteiger charge is -2.27. The van der Waals surface area contributed by atoms with Crippen LogP contribution in [-0.2, 0) is 0 Å². The van der Waals surface area contributed by atoms with Gasteiger partial charge in [0.05, 0.1) is 4.92 Å². The fourth-order valence-electron chi connectivity index (χ4n) is 3.42. The average Bonchev–Trinajstić information content (AvgIpc) is 2.73. The van der Waals surface area contributed by atoms with Crippen LogP contribution in [0.5, 0.6) is 0 Å². The summed E-state index contributed by atoms with van der Waals surface area (Å²) in [6.45, 7) is 5.98. The number of nitro benzene ring substituents is 1. The Balaban J connectivity index is 1.76. The highest BCUT2D eigenvalue weighted by Gasteiger charge is 2.26. The fourth-order valence-corrected chi connectivity index (χ4v) is 3.42. The molecule has 1 aliphatic rings. The minimum absolute atomic E-state index is 0.0697. The van der Waals surface area contributed by atoms with E-state index in [1.165, 1.54) is 28.3 Å². The van der Waals surface area contributed by atoms with Crippen molar-refractivity contribution in [2.75, 3.05) is 10.6 Å². The van der Waals surface area contributed by atoms with Crippen molar-refractivity contribution in [3.05, 3.63) is 91.9 Å². The molecule has 0 aliphatic carbocycles. The molecule has 0 saturated heterocycles. The largest absolute Gasteiger partial charge is 0.326 e. The predicted octanol–water partition coefficient (Wildman–Crippen LogP) is 4.02. The molecule has 0 bridgehead atoms. The zero-order chi connectivity index (χ0) is 22.1. The van der Waals surface area contributed by atoms with E-state index in [2.05, 4.69) is 34.5 Å². The first-order valence-corrected chi connectivity index (χ1v) is 9.88. The number of hydrogen-bond acceptors (Lipinski definition) is 7. The Labute approximate surface area is 178 Å². The van der Waals surface area contributed by atoms with Gasteiger partial charge in [-0.05, 0) is 30.5 Å². The van der Waals surface area contributed by atoms with Gasteiger partial charge in [0.2, 0.25) is 11.9 Å². The third-order valence-electron chi connectivity index (χ3n) is 5.03. The Hall–Kier alpha value is -4.01. The summed E-state index contributed by atoms with van der Waals surface area (Å²) in [5, 5.41) is 17.5. The van der Waals surface area contributed by atoms with Gasteiger partial charge in [0.1, 0.15) is 0 Å². The number of aromatic nitrogens is 2. The maximum atomic E-state index is 12.7. The molecule has 158 valence electrons.